The van der Waals surface area contributed by atoms with Crippen molar-refractivity contribution in [2.45, 2.75) is 45.2 Å². The third-order valence-corrected chi connectivity index (χ3v) is 6.21. The Hall–Kier alpha value is -3.08. The first-order valence-electron chi connectivity index (χ1n) is 10.7. The van der Waals surface area contributed by atoms with E-state index in [0.29, 0.717) is 18.8 Å². The molecule has 5 rings (SSSR count). The van der Waals surface area contributed by atoms with E-state index in [4.69, 9.17) is 14.5 Å². The zero-order valence-electron chi connectivity index (χ0n) is 17.4. The zero-order valence-corrected chi connectivity index (χ0v) is 17.4. The number of benzene rings is 2. The lowest BCUT2D eigenvalue weighted by molar-refractivity contribution is 0.0513. The highest BCUT2D eigenvalue weighted by Gasteiger charge is 2.31. The Balaban J connectivity index is 1.62. The van der Waals surface area contributed by atoms with Crippen LogP contribution in [0, 0.1) is 0 Å². The fourth-order valence-corrected chi connectivity index (χ4v) is 4.66. The number of aromatic nitrogens is 1. The fraction of sp³-hybridized carbons (Fsp3) is 0.360. The summed E-state index contributed by atoms with van der Waals surface area (Å²) in [5.41, 5.74) is 3.22. The van der Waals surface area contributed by atoms with Gasteiger partial charge in [0.2, 0.25) is 0 Å². The highest BCUT2D eigenvalue weighted by Crippen LogP contribution is 2.35. The maximum absolute atomic E-state index is 13.7. The maximum atomic E-state index is 13.7. The summed E-state index contributed by atoms with van der Waals surface area (Å²) in [6, 6.07) is 16.1. The Bertz CT molecular complexity index is 1100. The Morgan fingerprint density at radius 3 is 2.50 bits per heavy atom. The van der Waals surface area contributed by atoms with Crippen molar-refractivity contribution < 1.29 is 14.3 Å². The van der Waals surface area contributed by atoms with Gasteiger partial charge < -0.3 is 14.4 Å². The highest BCUT2D eigenvalue weighted by atomic mass is 16.6. The number of pyridine rings is 1. The molecule has 2 atom stereocenters. The van der Waals surface area contributed by atoms with Gasteiger partial charge in [-0.2, -0.15) is 0 Å². The van der Waals surface area contributed by atoms with Crippen molar-refractivity contribution in [2.24, 2.45) is 0 Å². The molecule has 1 saturated heterocycles. The Morgan fingerprint density at radius 2 is 1.70 bits per heavy atom. The standard InChI is InChI=1S/C25H26N2O3/c1-16-6-5-7-17(2)27(16)25(28)20-15-22(26-21-9-4-3-8-19(20)21)18-10-11-23-24(14-18)30-13-12-29-23/h3-4,8-11,14-17H,5-7,12-13H2,1-2H3/t16-,17-/m1/s1. The second-order valence-electron chi connectivity index (χ2n) is 8.27. The molecular formula is C25H26N2O3. The van der Waals surface area contributed by atoms with Crippen LogP contribution < -0.4 is 9.47 Å². The topological polar surface area (TPSA) is 51.7 Å². The maximum Gasteiger partial charge on any atom is 0.255 e. The Morgan fingerprint density at radius 1 is 0.967 bits per heavy atom. The molecular weight excluding hydrogens is 376 g/mol. The summed E-state index contributed by atoms with van der Waals surface area (Å²) in [4.78, 5) is 20.6. The quantitative estimate of drug-likeness (QED) is 0.600. The van der Waals surface area contributed by atoms with Gasteiger partial charge in [-0.15, -0.1) is 0 Å². The number of likely N-dealkylation sites (tertiary alicyclic amines) is 1. The van der Waals surface area contributed by atoms with E-state index >= 15 is 0 Å². The monoisotopic (exact) mass is 402 g/mol. The van der Waals surface area contributed by atoms with E-state index in [2.05, 4.69) is 18.7 Å². The number of fused-ring (bicyclic) bond motifs is 2. The first-order valence-corrected chi connectivity index (χ1v) is 10.7. The molecule has 0 aliphatic carbocycles. The third kappa shape index (κ3) is 3.28. The summed E-state index contributed by atoms with van der Waals surface area (Å²) in [6.07, 6.45) is 3.27. The Labute approximate surface area is 176 Å². The number of carbonyl (C=O) groups excluding carboxylic acids is 1. The average molecular weight is 402 g/mol. The predicted octanol–water partition coefficient (Wildman–Crippen LogP) is 5.08. The molecule has 3 heterocycles. The number of rotatable bonds is 2. The smallest absolute Gasteiger partial charge is 0.255 e. The van der Waals surface area contributed by atoms with Crippen molar-refractivity contribution >= 4 is 16.8 Å². The molecule has 0 unspecified atom stereocenters. The van der Waals surface area contributed by atoms with Gasteiger partial charge in [0.15, 0.2) is 11.5 Å². The van der Waals surface area contributed by atoms with E-state index in [0.717, 1.165) is 46.5 Å². The first kappa shape index (κ1) is 18.9. The number of hydrogen-bond acceptors (Lipinski definition) is 4. The van der Waals surface area contributed by atoms with Crippen LogP contribution in [0.4, 0.5) is 0 Å². The number of para-hydroxylation sites is 1. The molecule has 1 amide bonds. The van der Waals surface area contributed by atoms with Crippen LogP contribution in [0.2, 0.25) is 0 Å². The summed E-state index contributed by atoms with van der Waals surface area (Å²) in [7, 11) is 0. The highest BCUT2D eigenvalue weighted by molar-refractivity contribution is 6.07. The molecule has 1 fully saturated rings. The largest absolute Gasteiger partial charge is 0.486 e. The van der Waals surface area contributed by atoms with Crippen LogP contribution in [0.1, 0.15) is 43.5 Å². The van der Waals surface area contributed by atoms with Gasteiger partial charge in [0, 0.05) is 23.0 Å². The van der Waals surface area contributed by atoms with Crippen LogP contribution >= 0.6 is 0 Å². The Kier molecular flexibility index (Phi) is 4.81. The van der Waals surface area contributed by atoms with E-state index in [1.807, 2.05) is 48.5 Å². The van der Waals surface area contributed by atoms with Crippen molar-refractivity contribution in [1.29, 1.82) is 0 Å². The number of nitrogens with zero attached hydrogens (tertiary/aromatic N) is 2. The van der Waals surface area contributed by atoms with Crippen LogP contribution in [0.25, 0.3) is 22.2 Å². The zero-order chi connectivity index (χ0) is 20.7. The summed E-state index contributed by atoms with van der Waals surface area (Å²) in [6.45, 7) is 5.40. The molecule has 154 valence electrons. The van der Waals surface area contributed by atoms with Gasteiger partial charge in [-0.25, -0.2) is 4.98 Å². The minimum Gasteiger partial charge on any atom is -0.486 e. The van der Waals surface area contributed by atoms with Crippen LogP contribution in [-0.4, -0.2) is 41.1 Å². The molecule has 0 spiro atoms. The molecule has 5 heteroatoms. The van der Waals surface area contributed by atoms with Gasteiger partial charge >= 0.3 is 0 Å². The normalized spacial score (nSPS) is 20.9. The third-order valence-electron chi connectivity index (χ3n) is 6.21. The number of piperidine rings is 1. The fourth-order valence-electron chi connectivity index (χ4n) is 4.66. The van der Waals surface area contributed by atoms with Gasteiger partial charge in [-0.3, -0.25) is 4.79 Å². The lowest BCUT2D eigenvalue weighted by atomic mass is 9.95. The van der Waals surface area contributed by atoms with Gasteiger partial charge in [0.25, 0.3) is 5.91 Å². The minimum absolute atomic E-state index is 0.0899. The molecule has 2 aromatic carbocycles. The number of amides is 1. The molecule has 0 radical (unpaired) electrons. The van der Waals surface area contributed by atoms with Crippen molar-refractivity contribution in [3.05, 3.63) is 54.1 Å². The number of hydrogen-bond donors (Lipinski definition) is 0. The number of ether oxygens (including phenoxy) is 2. The van der Waals surface area contributed by atoms with E-state index in [-0.39, 0.29) is 18.0 Å². The van der Waals surface area contributed by atoms with Crippen LogP contribution in [0.5, 0.6) is 11.5 Å². The summed E-state index contributed by atoms with van der Waals surface area (Å²) >= 11 is 0. The van der Waals surface area contributed by atoms with Gasteiger partial charge in [0.1, 0.15) is 13.2 Å². The second kappa shape index (κ2) is 7.63. The summed E-state index contributed by atoms with van der Waals surface area (Å²) in [5.74, 6) is 1.56. The van der Waals surface area contributed by atoms with Crippen LogP contribution in [0.3, 0.4) is 0 Å². The van der Waals surface area contributed by atoms with Crippen molar-refractivity contribution in [1.82, 2.24) is 9.88 Å². The van der Waals surface area contributed by atoms with Crippen molar-refractivity contribution in [2.75, 3.05) is 13.2 Å². The van der Waals surface area contributed by atoms with Gasteiger partial charge in [-0.05, 0) is 63.4 Å². The first-order chi connectivity index (χ1) is 14.6. The van der Waals surface area contributed by atoms with E-state index in [1.54, 1.807) is 0 Å². The summed E-state index contributed by atoms with van der Waals surface area (Å²) < 4.78 is 11.4. The average Bonchev–Trinajstić information content (AvgIpc) is 2.77. The van der Waals surface area contributed by atoms with E-state index in [1.165, 1.54) is 6.42 Å². The molecule has 5 nitrogen and oxygen atoms in total. The molecule has 3 aromatic rings. The molecule has 2 aliphatic heterocycles. The SMILES string of the molecule is C[C@@H]1CCC[C@@H](C)N1C(=O)c1cc(-c2ccc3c(c2)OCCO3)nc2ccccc12. The molecule has 1 aromatic heterocycles. The minimum atomic E-state index is 0.0899. The van der Waals surface area contributed by atoms with Crippen molar-refractivity contribution in [3.63, 3.8) is 0 Å². The molecule has 2 aliphatic rings. The lowest BCUT2D eigenvalue weighted by Crippen LogP contribution is -2.47. The number of carbonyl (C=O) groups is 1. The van der Waals surface area contributed by atoms with E-state index in [9.17, 15) is 4.79 Å². The second-order valence-corrected chi connectivity index (χ2v) is 8.27. The molecule has 0 bridgehead atoms. The predicted molar refractivity (Wildman–Crippen MR) is 117 cm³/mol. The van der Waals surface area contributed by atoms with Crippen molar-refractivity contribution in [3.8, 4) is 22.8 Å². The van der Waals surface area contributed by atoms with Crippen LogP contribution in [-0.2, 0) is 0 Å². The molecule has 0 saturated carbocycles. The summed E-state index contributed by atoms with van der Waals surface area (Å²) in [5, 5.41) is 0.897. The van der Waals surface area contributed by atoms with Gasteiger partial charge in [0.05, 0.1) is 16.8 Å². The lowest BCUT2D eigenvalue weighted by Gasteiger charge is -2.39. The molecule has 0 N–H and O–H groups in total. The van der Waals surface area contributed by atoms with Gasteiger partial charge in [-0.1, -0.05) is 18.2 Å². The van der Waals surface area contributed by atoms with E-state index < -0.39 is 0 Å². The molecule has 30 heavy (non-hydrogen) atoms. The van der Waals surface area contributed by atoms with Crippen LogP contribution in [0.15, 0.2) is 48.5 Å².